The van der Waals surface area contributed by atoms with E-state index in [1.807, 2.05) is 4.90 Å². The van der Waals surface area contributed by atoms with Crippen LogP contribution in [0.2, 0.25) is 0 Å². The van der Waals surface area contributed by atoms with E-state index < -0.39 is 0 Å². The Morgan fingerprint density at radius 2 is 1.73 bits per heavy atom. The standard InChI is InChI=1S/C16H27N3O2.ClH/c17-10-12-2-1-3-14(12)15(20)18-13-6-8-19(9-7-13)16(21)11-4-5-11;/h11-14H,1-10,17H2,(H,18,20);1H/t12-,14-;/m1./s1. The fourth-order valence-electron chi connectivity index (χ4n) is 3.81. The van der Waals surface area contributed by atoms with Gasteiger partial charge in [-0.15, -0.1) is 12.4 Å². The predicted octanol–water partition coefficient (Wildman–Crippen LogP) is 1.30. The molecule has 2 amide bonds. The number of carbonyl (C=O) groups excluding carboxylic acids is 2. The van der Waals surface area contributed by atoms with Crippen molar-refractivity contribution in [1.29, 1.82) is 0 Å². The highest BCUT2D eigenvalue weighted by Crippen LogP contribution is 2.33. The number of nitrogens with two attached hydrogens (primary N) is 1. The van der Waals surface area contributed by atoms with Gasteiger partial charge in [-0.2, -0.15) is 0 Å². The molecule has 0 unspecified atom stereocenters. The van der Waals surface area contributed by atoms with Crippen LogP contribution < -0.4 is 11.1 Å². The van der Waals surface area contributed by atoms with Crippen LogP contribution in [0.3, 0.4) is 0 Å². The van der Waals surface area contributed by atoms with Crippen molar-refractivity contribution in [3.63, 3.8) is 0 Å². The average Bonchev–Trinajstić information content (AvgIpc) is 3.24. The van der Waals surface area contributed by atoms with Gasteiger partial charge in [0.15, 0.2) is 0 Å². The maximum Gasteiger partial charge on any atom is 0.225 e. The number of piperidine rings is 1. The van der Waals surface area contributed by atoms with Crippen molar-refractivity contribution >= 4 is 24.2 Å². The molecule has 6 heteroatoms. The lowest BCUT2D eigenvalue weighted by atomic mass is 9.94. The number of amides is 2. The first-order valence-corrected chi connectivity index (χ1v) is 8.48. The second kappa shape index (κ2) is 7.64. The van der Waals surface area contributed by atoms with Gasteiger partial charge in [0, 0.05) is 31.0 Å². The Kier molecular flexibility index (Phi) is 6.09. The third kappa shape index (κ3) is 3.93. The molecule has 1 heterocycles. The first-order chi connectivity index (χ1) is 10.2. The van der Waals surface area contributed by atoms with Gasteiger partial charge in [-0.05, 0) is 51.0 Å². The molecular weight excluding hydrogens is 302 g/mol. The molecule has 0 aromatic heterocycles. The van der Waals surface area contributed by atoms with Gasteiger partial charge in [-0.1, -0.05) is 6.42 Å². The van der Waals surface area contributed by atoms with E-state index in [4.69, 9.17) is 5.73 Å². The fraction of sp³-hybridized carbons (Fsp3) is 0.875. The van der Waals surface area contributed by atoms with Gasteiger partial charge in [0.2, 0.25) is 11.8 Å². The van der Waals surface area contributed by atoms with Crippen molar-refractivity contribution in [2.75, 3.05) is 19.6 Å². The first-order valence-electron chi connectivity index (χ1n) is 8.48. The molecule has 0 bridgehead atoms. The van der Waals surface area contributed by atoms with Crippen LogP contribution in [-0.4, -0.2) is 42.4 Å². The van der Waals surface area contributed by atoms with Crippen LogP contribution >= 0.6 is 12.4 Å². The van der Waals surface area contributed by atoms with Gasteiger partial charge < -0.3 is 16.0 Å². The number of nitrogens with zero attached hydrogens (tertiary/aromatic N) is 1. The maximum absolute atomic E-state index is 12.4. The molecule has 3 aliphatic rings. The minimum atomic E-state index is 0. The van der Waals surface area contributed by atoms with Crippen molar-refractivity contribution in [3.05, 3.63) is 0 Å². The number of rotatable bonds is 4. The minimum Gasteiger partial charge on any atom is -0.353 e. The molecular formula is C16H28ClN3O2. The molecule has 126 valence electrons. The van der Waals surface area contributed by atoms with Crippen LogP contribution in [0.5, 0.6) is 0 Å². The molecule has 2 aliphatic carbocycles. The summed E-state index contributed by atoms with van der Waals surface area (Å²) in [5.41, 5.74) is 5.76. The van der Waals surface area contributed by atoms with Crippen molar-refractivity contribution in [2.24, 2.45) is 23.5 Å². The third-order valence-electron chi connectivity index (χ3n) is 5.38. The highest BCUT2D eigenvalue weighted by atomic mass is 35.5. The summed E-state index contributed by atoms with van der Waals surface area (Å²) >= 11 is 0. The SMILES string of the molecule is Cl.NC[C@H]1CCC[C@H]1C(=O)NC1CCN(C(=O)C2CC2)CC1. The number of likely N-dealkylation sites (tertiary alicyclic amines) is 1. The van der Waals surface area contributed by atoms with Gasteiger partial charge in [-0.25, -0.2) is 0 Å². The number of nitrogens with one attached hydrogen (secondary N) is 1. The zero-order valence-electron chi connectivity index (χ0n) is 13.1. The Bertz CT molecular complexity index is 406. The number of carbonyl (C=O) groups is 2. The number of hydrogen-bond donors (Lipinski definition) is 2. The first kappa shape index (κ1) is 17.5. The highest BCUT2D eigenvalue weighted by Gasteiger charge is 2.36. The summed E-state index contributed by atoms with van der Waals surface area (Å²) < 4.78 is 0. The maximum atomic E-state index is 12.4. The summed E-state index contributed by atoms with van der Waals surface area (Å²) in [6.45, 7) is 2.21. The summed E-state index contributed by atoms with van der Waals surface area (Å²) in [5.74, 6) is 1.30. The van der Waals surface area contributed by atoms with Crippen LogP contribution in [0, 0.1) is 17.8 Å². The summed E-state index contributed by atoms with van der Waals surface area (Å²) in [6.07, 6.45) is 7.10. The van der Waals surface area contributed by atoms with Crippen LogP contribution in [0.1, 0.15) is 44.9 Å². The lowest BCUT2D eigenvalue weighted by Crippen LogP contribution is -2.48. The molecule has 3 rings (SSSR count). The summed E-state index contributed by atoms with van der Waals surface area (Å²) in [7, 11) is 0. The van der Waals surface area contributed by atoms with Crippen molar-refractivity contribution < 1.29 is 9.59 Å². The van der Waals surface area contributed by atoms with Gasteiger partial charge in [0.25, 0.3) is 0 Å². The molecule has 0 radical (unpaired) electrons. The molecule has 2 saturated carbocycles. The van der Waals surface area contributed by atoms with E-state index in [1.165, 1.54) is 0 Å². The largest absolute Gasteiger partial charge is 0.353 e. The van der Waals surface area contributed by atoms with Crippen LogP contribution in [-0.2, 0) is 9.59 Å². The second-order valence-corrected chi connectivity index (χ2v) is 6.92. The van der Waals surface area contributed by atoms with E-state index in [-0.39, 0.29) is 30.3 Å². The van der Waals surface area contributed by atoms with Crippen LogP contribution in [0.4, 0.5) is 0 Å². The quantitative estimate of drug-likeness (QED) is 0.816. The van der Waals surface area contributed by atoms with Crippen LogP contribution in [0.15, 0.2) is 0 Å². The van der Waals surface area contributed by atoms with Gasteiger partial charge >= 0.3 is 0 Å². The van der Waals surface area contributed by atoms with E-state index in [9.17, 15) is 9.59 Å². The molecule has 3 fully saturated rings. The van der Waals surface area contributed by atoms with E-state index in [1.54, 1.807) is 0 Å². The average molecular weight is 330 g/mol. The molecule has 5 nitrogen and oxygen atoms in total. The fourth-order valence-corrected chi connectivity index (χ4v) is 3.81. The lowest BCUT2D eigenvalue weighted by molar-refractivity contribution is -0.133. The Morgan fingerprint density at radius 3 is 2.32 bits per heavy atom. The molecule has 0 aromatic rings. The number of hydrogen-bond acceptors (Lipinski definition) is 3. The van der Waals surface area contributed by atoms with Gasteiger partial charge in [-0.3, -0.25) is 9.59 Å². The second-order valence-electron chi connectivity index (χ2n) is 6.92. The highest BCUT2D eigenvalue weighted by molar-refractivity contribution is 5.85. The smallest absolute Gasteiger partial charge is 0.225 e. The molecule has 0 spiro atoms. The molecule has 1 aliphatic heterocycles. The predicted molar refractivity (Wildman–Crippen MR) is 87.6 cm³/mol. The minimum absolute atomic E-state index is 0. The van der Waals surface area contributed by atoms with E-state index >= 15 is 0 Å². The van der Waals surface area contributed by atoms with E-state index in [0.29, 0.717) is 24.3 Å². The Hall–Kier alpha value is -0.810. The van der Waals surface area contributed by atoms with Crippen molar-refractivity contribution in [2.45, 2.75) is 51.0 Å². The topological polar surface area (TPSA) is 75.4 Å². The van der Waals surface area contributed by atoms with Gasteiger partial charge in [0.1, 0.15) is 0 Å². The van der Waals surface area contributed by atoms with Crippen molar-refractivity contribution in [3.8, 4) is 0 Å². The van der Waals surface area contributed by atoms with E-state index in [0.717, 1.165) is 58.0 Å². The Labute approximate surface area is 138 Å². The Morgan fingerprint density at radius 1 is 1.05 bits per heavy atom. The third-order valence-corrected chi connectivity index (χ3v) is 5.38. The summed E-state index contributed by atoms with van der Waals surface area (Å²) in [4.78, 5) is 26.4. The molecule has 0 aromatic carbocycles. The van der Waals surface area contributed by atoms with Crippen molar-refractivity contribution in [1.82, 2.24) is 10.2 Å². The van der Waals surface area contributed by atoms with E-state index in [2.05, 4.69) is 5.32 Å². The zero-order valence-corrected chi connectivity index (χ0v) is 13.9. The van der Waals surface area contributed by atoms with Gasteiger partial charge in [0.05, 0.1) is 0 Å². The number of halogens is 1. The molecule has 1 saturated heterocycles. The molecule has 2 atom stereocenters. The summed E-state index contributed by atoms with van der Waals surface area (Å²) in [5, 5.41) is 3.20. The molecule has 3 N–H and O–H groups in total. The Balaban J connectivity index is 0.00000176. The molecule has 22 heavy (non-hydrogen) atoms. The summed E-state index contributed by atoms with van der Waals surface area (Å²) in [6, 6.07) is 0.236. The zero-order chi connectivity index (χ0) is 14.8. The van der Waals surface area contributed by atoms with Crippen LogP contribution in [0.25, 0.3) is 0 Å². The normalized spacial score (nSPS) is 29.0. The monoisotopic (exact) mass is 329 g/mol. The lowest BCUT2D eigenvalue weighted by Gasteiger charge is -2.33.